The number of aromatic nitrogens is 1. The van der Waals surface area contributed by atoms with Crippen molar-refractivity contribution in [2.75, 3.05) is 40.5 Å². The molecule has 6 nitrogen and oxygen atoms in total. The van der Waals surface area contributed by atoms with Crippen LogP contribution in [0.2, 0.25) is 0 Å². The molecule has 146 valence electrons. The van der Waals surface area contributed by atoms with Crippen LogP contribution >= 0.6 is 11.3 Å². The summed E-state index contributed by atoms with van der Waals surface area (Å²) < 4.78 is 10.7. The van der Waals surface area contributed by atoms with Crippen LogP contribution in [0.1, 0.15) is 19.0 Å². The van der Waals surface area contributed by atoms with E-state index in [0.29, 0.717) is 12.5 Å². The Balaban J connectivity index is 1.64. The van der Waals surface area contributed by atoms with Crippen LogP contribution in [0.5, 0.6) is 5.75 Å². The van der Waals surface area contributed by atoms with E-state index in [9.17, 15) is 0 Å². The van der Waals surface area contributed by atoms with Crippen LogP contribution in [-0.2, 0) is 11.3 Å². The quantitative estimate of drug-likeness (QED) is 0.583. The summed E-state index contributed by atoms with van der Waals surface area (Å²) in [4.78, 5) is 11.7. The highest BCUT2D eigenvalue weighted by atomic mass is 32.1. The van der Waals surface area contributed by atoms with Crippen molar-refractivity contribution in [2.24, 2.45) is 10.9 Å². The lowest BCUT2D eigenvalue weighted by Crippen LogP contribution is -2.41. The van der Waals surface area contributed by atoms with E-state index < -0.39 is 0 Å². The van der Waals surface area contributed by atoms with Crippen LogP contribution in [0, 0.1) is 5.92 Å². The van der Waals surface area contributed by atoms with E-state index in [1.54, 1.807) is 18.4 Å². The van der Waals surface area contributed by atoms with E-state index >= 15 is 0 Å². The van der Waals surface area contributed by atoms with Gasteiger partial charge < -0.3 is 19.7 Å². The minimum Gasteiger partial charge on any atom is -0.497 e. The zero-order valence-electron chi connectivity index (χ0n) is 16.3. The lowest BCUT2D eigenvalue weighted by atomic mass is 10.1. The number of hydrogen-bond acceptors (Lipinski definition) is 5. The van der Waals surface area contributed by atoms with Gasteiger partial charge in [0.2, 0.25) is 0 Å². The van der Waals surface area contributed by atoms with Gasteiger partial charge in [-0.1, -0.05) is 0 Å². The maximum absolute atomic E-state index is 5.48. The van der Waals surface area contributed by atoms with E-state index in [4.69, 9.17) is 19.5 Å². The molecule has 1 unspecified atom stereocenters. The van der Waals surface area contributed by atoms with Crippen molar-refractivity contribution in [3.8, 4) is 16.3 Å². The van der Waals surface area contributed by atoms with Crippen molar-refractivity contribution >= 4 is 17.3 Å². The summed E-state index contributed by atoms with van der Waals surface area (Å²) in [5, 5.41) is 6.46. The number of aliphatic imine (C=N–C) groups is 1. The van der Waals surface area contributed by atoms with Crippen LogP contribution in [0.3, 0.4) is 0 Å². The first-order valence-electron chi connectivity index (χ1n) is 9.35. The highest BCUT2D eigenvalue weighted by Gasteiger charge is 2.19. The molecule has 0 saturated carbocycles. The molecule has 0 amide bonds. The number of nitrogens with one attached hydrogen (secondary N) is 1. The molecular formula is C20H28N4O2S. The fourth-order valence-electron chi connectivity index (χ4n) is 3.07. The molecule has 1 aliphatic rings. The number of guanidine groups is 1. The maximum Gasteiger partial charge on any atom is 0.194 e. The Morgan fingerprint density at radius 2 is 2.22 bits per heavy atom. The lowest BCUT2D eigenvalue weighted by molar-refractivity contribution is 0.181. The molecule has 1 aromatic heterocycles. The lowest BCUT2D eigenvalue weighted by Gasteiger charge is -2.24. The van der Waals surface area contributed by atoms with Crippen molar-refractivity contribution in [1.29, 1.82) is 0 Å². The van der Waals surface area contributed by atoms with Gasteiger partial charge >= 0.3 is 0 Å². The van der Waals surface area contributed by atoms with E-state index in [0.717, 1.165) is 60.7 Å². The molecule has 1 saturated heterocycles. The first-order valence-corrected chi connectivity index (χ1v) is 10.2. The highest BCUT2D eigenvalue weighted by Crippen LogP contribution is 2.26. The van der Waals surface area contributed by atoms with Gasteiger partial charge in [-0.2, -0.15) is 0 Å². The second-order valence-corrected chi connectivity index (χ2v) is 7.51. The van der Waals surface area contributed by atoms with Gasteiger partial charge in [-0.3, -0.25) is 0 Å². The minimum absolute atomic E-state index is 0.570. The number of methoxy groups -OCH3 is 1. The molecule has 1 atom stereocenters. The summed E-state index contributed by atoms with van der Waals surface area (Å²) in [5.74, 6) is 2.36. The summed E-state index contributed by atoms with van der Waals surface area (Å²) in [6.45, 7) is 6.19. The average Bonchev–Trinajstić information content (AvgIpc) is 3.37. The van der Waals surface area contributed by atoms with Gasteiger partial charge in [0.25, 0.3) is 0 Å². The van der Waals surface area contributed by atoms with Crippen LogP contribution in [0.25, 0.3) is 10.6 Å². The molecule has 0 spiro atoms. The first kappa shape index (κ1) is 19.6. The van der Waals surface area contributed by atoms with Gasteiger partial charge in [0, 0.05) is 43.6 Å². The van der Waals surface area contributed by atoms with Crippen molar-refractivity contribution in [3.63, 3.8) is 0 Å². The Kier molecular flexibility index (Phi) is 7.06. The molecule has 1 aliphatic heterocycles. The summed E-state index contributed by atoms with van der Waals surface area (Å²) in [6.07, 6.45) is 1.13. The largest absolute Gasteiger partial charge is 0.497 e. The van der Waals surface area contributed by atoms with Gasteiger partial charge in [0.1, 0.15) is 10.8 Å². The number of hydrogen-bond donors (Lipinski definition) is 1. The zero-order valence-corrected chi connectivity index (χ0v) is 17.1. The number of nitrogens with zero attached hydrogens (tertiary/aromatic N) is 3. The predicted molar refractivity (Wildman–Crippen MR) is 110 cm³/mol. The second kappa shape index (κ2) is 9.71. The Bertz CT molecular complexity index is 739. The summed E-state index contributed by atoms with van der Waals surface area (Å²) in [6, 6.07) is 7.98. The number of ether oxygens (including phenoxy) is 2. The molecule has 7 heteroatoms. The Morgan fingerprint density at radius 3 is 2.89 bits per heavy atom. The molecule has 1 fully saturated rings. The third kappa shape index (κ3) is 5.43. The van der Waals surface area contributed by atoms with E-state index in [-0.39, 0.29) is 0 Å². The molecule has 2 aromatic rings. The van der Waals surface area contributed by atoms with Crippen molar-refractivity contribution in [3.05, 3.63) is 35.3 Å². The van der Waals surface area contributed by atoms with Gasteiger partial charge in [0.05, 0.1) is 26.0 Å². The molecule has 27 heavy (non-hydrogen) atoms. The normalized spacial score (nSPS) is 17.1. The maximum atomic E-state index is 5.48. The standard InChI is InChI=1S/C20H28N4O2S/c1-4-21-20(24(2)12-15-9-10-26-13-15)22-11-17-14-27-19(23-17)16-5-7-18(25-3)8-6-16/h5-8,14-15H,4,9-13H2,1-3H3,(H,21,22). The third-order valence-electron chi connectivity index (χ3n) is 4.53. The molecular weight excluding hydrogens is 360 g/mol. The van der Waals surface area contributed by atoms with E-state index in [1.807, 2.05) is 24.3 Å². The molecule has 0 radical (unpaired) electrons. The van der Waals surface area contributed by atoms with Gasteiger partial charge in [-0.25, -0.2) is 9.98 Å². The van der Waals surface area contributed by atoms with Crippen LogP contribution in [0.15, 0.2) is 34.6 Å². The van der Waals surface area contributed by atoms with Crippen LogP contribution in [-0.4, -0.2) is 56.3 Å². The second-order valence-electron chi connectivity index (χ2n) is 6.65. The first-order chi connectivity index (χ1) is 13.2. The number of thiazole rings is 1. The van der Waals surface area contributed by atoms with Gasteiger partial charge in [0.15, 0.2) is 5.96 Å². The van der Waals surface area contributed by atoms with Crippen molar-refractivity contribution < 1.29 is 9.47 Å². The van der Waals surface area contributed by atoms with Crippen molar-refractivity contribution in [2.45, 2.75) is 19.9 Å². The topological polar surface area (TPSA) is 59.0 Å². The molecule has 0 bridgehead atoms. The van der Waals surface area contributed by atoms with Crippen molar-refractivity contribution in [1.82, 2.24) is 15.2 Å². The van der Waals surface area contributed by atoms with Crippen LogP contribution in [0.4, 0.5) is 0 Å². The molecule has 3 rings (SSSR count). The highest BCUT2D eigenvalue weighted by molar-refractivity contribution is 7.13. The zero-order chi connectivity index (χ0) is 19.1. The summed E-state index contributed by atoms with van der Waals surface area (Å²) in [5.41, 5.74) is 2.08. The monoisotopic (exact) mass is 388 g/mol. The van der Waals surface area contributed by atoms with Gasteiger partial charge in [-0.05, 0) is 37.6 Å². The minimum atomic E-state index is 0.570. The Morgan fingerprint density at radius 1 is 1.41 bits per heavy atom. The molecule has 2 heterocycles. The fourth-order valence-corrected chi connectivity index (χ4v) is 3.89. The van der Waals surface area contributed by atoms with E-state index in [2.05, 4.69) is 29.6 Å². The molecule has 1 aromatic carbocycles. The number of benzene rings is 1. The summed E-state index contributed by atoms with van der Waals surface area (Å²) >= 11 is 1.64. The van der Waals surface area contributed by atoms with Gasteiger partial charge in [-0.15, -0.1) is 11.3 Å². The molecule has 0 aliphatic carbocycles. The SMILES string of the molecule is CCNC(=NCc1csc(-c2ccc(OC)cc2)n1)N(C)CC1CCOC1. The fraction of sp³-hybridized carbons (Fsp3) is 0.500. The summed E-state index contributed by atoms with van der Waals surface area (Å²) in [7, 11) is 3.76. The predicted octanol–water partition coefficient (Wildman–Crippen LogP) is 3.25. The Hall–Kier alpha value is -2.12. The smallest absolute Gasteiger partial charge is 0.194 e. The number of rotatable bonds is 7. The molecule has 1 N–H and O–H groups in total. The third-order valence-corrected chi connectivity index (χ3v) is 5.47. The van der Waals surface area contributed by atoms with E-state index in [1.165, 1.54) is 0 Å². The van der Waals surface area contributed by atoms with Crippen LogP contribution < -0.4 is 10.1 Å². The Labute approximate surface area is 165 Å². The average molecular weight is 389 g/mol.